The van der Waals surface area contributed by atoms with Crippen molar-refractivity contribution >= 4 is 11.8 Å². The Hall–Kier alpha value is -4.28. The lowest BCUT2D eigenvalue weighted by molar-refractivity contribution is 0.0702. The standard InChI is InChI=1S/C20H16N6O4/c27-19(25-29)13-3-1-11(9-15(13)17-21-5-6-22-17)12-2-4-14(20(28)26-30)16(10-12)18-23-7-8-24-18/h1-10,29-30H,(H,21,22)(H,23,24)(H,25,27)(H,26,28). The quantitative estimate of drug-likeness (QED) is 0.221. The Balaban J connectivity index is 1.87. The highest BCUT2D eigenvalue weighted by Crippen LogP contribution is 2.31. The molecule has 0 bridgehead atoms. The molecule has 2 amide bonds. The molecule has 0 aliphatic carbocycles. The summed E-state index contributed by atoms with van der Waals surface area (Å²) in [6.07, 6.45) is 6.36. The van der Waals surface area contributed by atoms with Crippen LogP contribution < -0.4 is 11.0 Å². The van der Waals surface area contributed by atoms with E-state index in [1.807, 2.05) is 0 Å². The summed E-state index contributed by atoms with van der Waals surface area (Å²) in [5.41, 5.74) is 6.19. The van der Waals surface area contributed by atoms with Crippen molar-refractivity contribution in [1.29, 1.82) is 0 Å². The van der Waals surface area contributed by atoms with Crippen LogP contribution in [0.15, 0.2) is 61.2 Å². The first-order valence-electron chi connectivity index (χ1n) is 8.79. The monoisotopic (exact) mass is 404 g/mol. The maximum absolute atomic E-state index is 12.1. The van der Waals surface area contributed by atoms with Crippen molar-refractivity contribution in [1.82, 2.24) is 30.9 Å². The molecule has 10 heteroatoms. The molecule has 150 valence electrons. The van der Waals surface area contributed by atoms with E-state index in [1.54, 1.807) is 72.1 Å². The number of hydroxylamine groups is 2. The molecule has 0 unspecified atom stereocenters. The largest absolute Gasteiger partial charge is 0.345 e. The molecule has 0 atom stereocenters. The van der Waals surface area contributed by atoms with E-state index in [-0.39, 0.29) is 11.1 Å². The minimum atomic E-state index is -0.667. The van der Waals surface area contributed by atoms with E-state index in [2.05, 4.69) is 19.9 Å². The number of hydrogen-bond acceptors (Lipinski definition) is 6. The molecule has 0 saturated carbocycles. The zero-order chi connectivity index (χ0) is 21.1. The third-order valence-corrected chi connectivity index (χ3v) is 4.57. The number of carbonyl (C=O) groups is 2. The third kappa shape index (κ3) is 3.43. The van der Waals surface area contributed by atoms with Gasteiger partial charge in [0.05, 0.1) is 11.1 Å². The van der Waals surface area contributed by atoms with E-state index in [4.69, 9.17) is 10.4 Å². The van der Waals surface area contributed by atoms with Gasteiger partial charge in [0.1, 0.15) is 11.6 Å². The summed E-state index contributed by atoms with van der Waals surface area (Å²) >= 11 is 0. The molecule has 4 aromatic rings. The molecule has 30 heavy (non-hydrogen) atoms. The van der Waals surface area contributed by atoms with Crippen LogP contribution in [-0.2, 0) is 0 Å². The minimum Gasteiger partial charge on any atom is -0.345 e. The minimum absolute atomic E-state index is 0.235. The summed E-state index contributed by atoms with van der Waals surface area (Å²) in [5.74, 6) is -0.422. The zero-order valence-electron chi connectivity index (χ0n) is 15.4. The molecule has 0 radical (unpaired) electrons. The Labute approximate surface area is 169 Å². The highest BCUT2D eigenvalue weighted by molar-refractivity contribution is 6.02. The first-order chi connectivity index (χ1) is 14.6. The first-order valence-corrected chi connectivity index (χ1v) is 8.79. The van der Waals surface area contributed by atoms with Crippen LogP contribution in [0.25, 0.3) is 33.9 Å². The number of nitrogens with zero attached hydrogens (tertiary/aromatic N) is 2. The number of H-pyrrole nitrogens is 2. The highest BCUT2D eigenvalue weighted by atomic mass is 16.5. The summed E-state index contributed by atoms with van der Waals surface area (Å²) in [5, 5.41) is 18.1. The van der Waals surface area contributed by atoms with Crippen molar-refractivity contribution in [2.24, 2.45) is 0 Å². The number of carbonyl (C=O) groups excluding carboxylic acids is 2. The second-order valence-electron chi connectivity index (χ2n) is 6.28. The summed E-state index contributed by atoms with van der Waals surface area (Å²) in [6.45, 7) is 0. The van der Waals surface area contributed by atoms with Crippen molar-refractivity contribution < 1.29 is 20.0 Å². The topological polar surface area (TPSA) is 156 Å². The van der Waals surface area contributed by atoms with Crippen LogP contribution >= 0.6 is 0 Å². The number of nitrogens with one attached hydrogen (secondary N) is 4. The van der Waals surface area contributed by atoms with Crippen molar-refractivity contribution in [3.8, 4) is 33.9 Å². The molecule has 0 spiro atoms. The Morgan fingerprint density at radius 2 is 1.17 bits per heavy atom. The number of amides is 2. The summed E-state index contributed by atoms with van der Waals surface area (Å²) in [4.78, 5) is 38.4. The fourth-order valence-corrected chi connectivity index (χ4v) is 3.18. The van der Waals surface area contributed by atoms with E-state index in [9.17, 15) is 9.59 Å². The van der Waals surface area contributed by atoms with Gasteiger partial charge in [0, 0.05) is 35.9 Å². The number of benzene rings is 2. The lowest BCUT2D eigenvalue weighted by Gasteiger charge is -2.12. The number of hydrogen-bond donors (Lipinski definition) is 6. The maximum Gasteiger partial charge on any atom is 0.275 e. The van der Waals surface area contributed by atoms with E-state index in [0.29, 0.717) is 22.8 Å². The van der Waals surface area contributed by atoms with Crippen molar-refractivity contribution in [2.75, 3.05) is 0 Å². The van der Waals surface area contributed by atoms with Gasteiger partial charge in [-0.05, 0) is 35.4 Å². The fraction of sp³-hybridized carbons (Fsp3) is 0. The number of rotatable bonds is 5. The van der Waals surface area contributed by atoms with Gasteiger partial charge in [0.25, 0.3) is 11.8 Å². The summed E-state index contributed by atoms with van der Waals surface area (Å²) < 4.78 is 0. The van der Waals surface area contributed by atoms with Gasteiger partial charge in [0.2, 0.25) is 0 Å². The zero-order valence-corrected chi connectivity index (χ0v) is 15.4. The summed E-state index contributed by atoms with van der Waals surface area (Å²) in [6, 6.07) is 10.1. The lowest BCUT2D eigenvalue weighted by Crippen LogP contribution is -2.20. The molecule has 0 saturated heterocycles. The number of imidazole rings is 2. The van der Waals surface area contributed by atoms with Crippen LogP contribution in [0.4, 0.5) is 0 Å². The fourth-order valence-electron chi connectivity index (χ4n) is 3.18. The van der Waals surface area contributed by atoms with Crippen LogP contribution in [0.5, 0.6) is 0 Å². The van der Waals surface area contributed by atoms with Gasteiger partial charge in [-0.3, -0.25) is 20.0 Å². The molecule has 0 fully saturated rings. The smallest absolute Gasteiger partial charge is 0.275 e. The molecular formula is C20H16N6O4. The molecule has 2 aromatic carbocycles. The summed E-state index contributed by atoms with van der Waals surface area (Å²) in [7, 11) is 0. The van der Waals surface area contributed by atoms with Gasteiger partial charge in [0.15, 0.2) is 0 Å². The van der Waals surface area contributed by atoms with Gasteiger partial charge in [-0.25, -0.2) is 20.9 Å². The van der Waals surface area contributed by atoms with Crippen LogP contribution in [0.2, 0.25) is 0 Å². The number of aromatic nitrogens is 4. The van der Waals surface area contributed by atoms with Crippen molar-refractivity contribution in [3.63, 3.8) is 0 Å². The van der Waals surface area contributed by atoms with E-state index in [0.717, 1.165) is 11.1 Å². The highest BCUT2D eigenvalue weighted by Gasteiger charge is 2.18. The Morgan fingerprint density at radius 3 is 1.50 bits per heavy atom. The van der Waals surface area contributed by atoms with E-state index in [1.165, 1.54) is 0 Å². The Bertz CT molecular complexity index is 1110. The van der Waals surface area contributed by atoms with Crippen LogP contribution in [-0.4, -0.2) is 42.2 Å². The van der Waals surface area contributed by atoms with Crippen LogP contribution in [0.1, 0.15) is 20.7 Å². The molecule has 0 aliphatic rings. The SMILES string of the molecule is O=C(NO)c1ccc(-c2ccc(C(=O)NO)c(-c3ncc[nH]3)c2)cc1-c1ncc[nH]1. The second-order valence-corrected chi connectivity index (χ2v) is 6.28. The molecular weight excluding hydrogens is 388 g/mol. The Morgan fingerprint density at radius 1 is 0.733 bits per heavy atom. The number of aromatic amines is 2. The van der Waals surface area contributed by atoms with Gasteiger partial charge in [-0.1, -0.05) is 12.1 Å². The van der Waals surface area contributed by atoms with Crippen LogP contribution in [0.3, 0.4) is 0 Å². The first kappa shape index (κ1) is 19.1. The van der Waals surface area contributed by atoms with Gasteiger partial charge in [-0.15, -0.1) is 0 Å². The normalized spacial score (nSPS) is 10.6. The predicted molar refractivity (Wildman–Crippen MR) is 106 cm³/mol. The molecule has 0 aliphatic heterocycles. The average molecular weight is 404 g/mol. The van der Waals surface area contributed by atoms with Gasteiger partial charge >= 0.3 is 0 Å². The van der Waals surface area contributed by atoms with Crippen molar-refractivity contribution in [3.05, 3.63) is 72.3 Å². The van der Waals surface area contributed by atoms with Crippen LogP contribution in [0, 0.1) is 0 Å². The van der Waals surface area contributed by atoms with E-state index < -0.39 is 11.8 Å². The predicted octanol–water partition coefficient (Wildman–Crippen LogP) is 2.37. The maximum atomic E-state index is 12.1. The third-order valence-electron chi connectivity index (χ3n) is 4.57. The van der Waals surface area contributed by atoms with E-state index >= 15 is 0 Å². The molecule has 2 aromatic heterocycles. The molecule has 6 N–H and O–H groups in total. The van der Waals surface area contributed by atoms with Gasteiger partial charge < -0.3 is 9.97 Å². The van der Waals surface area contributed by atoms with Gasteiger partial charge in [-0.2, -0.15) is 0 Å². The molecule has 4 rings (SSSR count). The molecule has 10 nitrogen and oxygen atoms in total. The lowest BCUT2D eigenvalue weighted by atomic mass is 9.95. The Kier molecular flexibility index (Phi) is 5.08. The van der Waals surface area contributed by atoms with Crippen molar-refractivity contribution in [2.45, 2.75) is 0 Å². The second kappa shape index (κ2) is 7.99. The molecule has 2 heterocycles. The average Bonchev–Trinajstić information content (AvgIpc) is 3.51.